The first kappa shape index (κ1) is 10.5. The van der Waals surface area contributed by atoms with Gasteiger partial charge >= 0.3 is 0 Å². The summed E-state index contributed by atoms with van der Waals surface area (Å²) in [5, 5.41) is 2.01. The van der Waals surface area contributed by atoms with Crippen molar-refractivity contribution in [2.24, 2.45) is 0 Å². The van der Waals surface area contributed by atoms with Crippen LogP contribution in [0.2, 0.25) is 0 Å². The number of benzene rings is 1. The van der Waals surface area contributed by atoms with Crippen molar-refractivity contribution >= 4 is 39.2 Å². The minimum Gasteiger partial charge on any atom is -0.252 e. The number of fused-ring (bicyclic) bond motifs is 1. The second-order valence-electron chi connectivity index (χ2n) is 2.63. The molecule has 0 amide bonds. The molecule has 0 aliphatic carbocycles. The van der Waals surface area contributed by atoms with E-state index in [2.05, 4.69) is 33.0 Å². The number of halogens is 2. The molecule has 0 unspecified atom stereocenters. The quantitative estimate of drug-likeness (QED) is 0.713. The minimum atomic E-state index is 0. The van der Waals surface area contributed by atoms with E-state index < -0.39 is 0 Å². The number of nitrogens with zero attached hydrogens (tertiary/aromatic N) is 1. The standard InChI is InChI=1S/C10H8BrN.ClH/c11-7-9-6-5-8-3-1-2-4-10(8)12-9;/h1-6H,7H2;1H. The van der Waals surface area contributed by atoms with Crippen LogP contribution in [-0.2, 0) is 5.33 Å². The van der Waals surface area contributed by atoms with Crippen LogP contribution < -0.4 is 0 Å². The third-order valence-electron chi connectivity index (χ3n) is 1.79. The molecule has 1 aromatic carbocycles. The van der Waals surface area contributed by atoms with Gasteiger partial charge in [-0.2, -0.15) is 0 Å². The van der Waals surface area contributed by atoms with Gasteiger partial charge in [0.15, 0.2) is 0 Å². The lowest BCUT2D eigenvalue weighted by molar-refractivity contribution is 1.24. The number of hydrogen-bond acceptors (Lipinski definition) is 1. The normalized spacial score (nSPS) is 9.62. The Morgan fingerprint density at radius 3 is 2.62 bits per heavy atom. The second-order valence-corrected chi connectivity index (χ2v) is 3.19. The van der Waals surface area contributed by atoms with Gasteiger partial charge in [-0.15, -0.1) is 12.4 Å². The zero-order valence-electron chi connectivity index (χ0n) is 6.90. The Kier molecular flexibility index (Phi) is 3.70. The molecule has 0 bridgehead atoms. The average molecular weight is 259 g/mol. The molecule has 0 saturated heterocycles. The molecular formula is C10H9BrClN. The highest BCUT2D eigenvalue weighted by Gasteiger charge is 1.94. The first-order valence-corrected chi connectivity index (χ1v) is 4.93. The number of rotatable bonds is 1. The van der Waals surface area contributed by atoms with Crippen molar-refractivity contribution in [3.63, 3.8) is 0 Å². The number of aromatic nitrogens is 1. The molecular weight excluding hydrogens is 249 g/mol. The number of hydrogen-bond donors (Lipinski definition) is 0. The second kappa shape index (κ2) is 4.58. The molecule has 0 atom stereocenters. The molecule has 2 rings (SSSR count). The SMILES string of the molecule is BrCc1ccc2ccccc2n1.Cl. The smallest absolute Gasteiger partial charge is 0.0705 e. The maximum absolute atomic E-state index is 4.45. The molecule has 0 fully saturated rings. The van der Waals surface area contributed by atoms with Gasteiger partial charge in [0.1, 0.15) is 0 Å². The lowest BCUT2D eigenvalue weighted by Gasteiger charge is -1.98. The summed E-state index contributed by atoms with van der Waals surface area (Å²) in [6.45, 7) is 0. The summed E-state index contributed by atoms with van der Waals surface area (Å²) >= 11 is 3.38. The van der Waals surface area contributed by atoms with Crippen molar-refractivity contribution < 1.29 is 0 Å². The highest BCUT2D eigenvalue weighted by atomic mass is 79.9. The summed E-state index contributed by atoms with van der Waals surface area (Å²) in [7, 11) is 0. The van der Waals surface area contributed by atoms with E-state index in [0.29, 0.717) is 0 Å². The van der Waals surface area contributed by atoms with Crippen LogP contribution in [-0.4, -0.2) is 4.98 Å². The van der Waals surface area contributed by atoms with E-state index in [4.69, 9.17) is 0 Å². The van der Waals surface area contributed by atoms with Crippen LogP contribution in [0.4, 0.5) is 0 Å². The Morgan fingerprint density at radius 2 is 1.85 bits per heavy atom. The Hall–Kier alpha value is -0.600. The van der Waals surface area contributed by atoms with Crippen molar-refractivity contribution in [3.8, 4) is 0 Å². The van der Waals surface area contributed by atoms with Crippen molar-refractivity contribution in [3.05, 3.63) is 42.1 Å². The van der Waals surface area contributed by atoms with E-state index in [-0.39, 0.29) is 12.4 Å². The summed E-state index contributed by atoms with van der Waals surface area (Å²) in [6, 6.07) is 12.3. The highest BCUT2D eigenvalue weighted by Crippen LogP contribution is 2.12. The molecule has 0 spiro atoms. The lowest BCUT2D eigenvalue weighted by Crippen LogP contribution is -1.84. The van der Waals surface area contributed by atoms with Crippen molar-refractivity contribution in [2.45, 2.75) is 5.33 Å². The average Bonchev–Trinajstić information content (AvgIpc) is 2.17. The van der Waals surface area contributed by atoms with Crippen LogP contribution in [0.5, 0.6) is 0 Å². The summed E-state index contributed by atoms with van der Waals surface area (Å²) in [6.07, 6.45) is 0. The summed E-state index contributed by atoms with van der Waals surface area (Å²) in [4.78, 5) is 4.45. The van der Waals surface area contributed by atoms with Crippen LogP contribution >= 0.6 is 28.3 Å². The van der Waals surface area contributed by atoms with Crippen LogP contribution in [0.25, 0.3) is 10.9 Å². The maximum atomic E-state index is 4.45. The van der Waals surface area contributed by atoms with Gasteiger partial charge in [0.05, 0.1) is 11.2 Å². The topological polar surface area (TPSA) is 12.9 Å². The van der Waals surface area contributed by atoms with Gasteiger partial charge in [-0.25, -0.2) is 0 Å². The third kappa shape index (κ3) is 2.20. The van der Waals surface area contributed by atoms with E-state index in [1.165, 1.54) is 5.39 Å². The number of alkyl halides is 1. The monoisotopic (exact) mass is 257 g/mol. The summed E-state index contributed by atoms with van der Waals surface area (Å²) in [5.41, 5.74) is 2.14. The minimum absolute atomic E-state index is 0. The van der Waals surface area contributed by atoms with Gasteiger partial charge < -0.3 is 0 Å². The van der Waals surface area contributed by atoms with E-state index in [1.54, 1.807) is 0 Å². The van der Waals surface area contributed by atoms with E-state index >= 15 is 0 Å². The molecule has 0 radical (unpaired) electrons. The van der Waals surface area contributed by atoms with Gasteiger partial charge in [-0.05, 0) is 12.1 Å². The van der Waals surface area contributed by atoms with Gasteiger partial charge in [-0.3, -0.25) is 4.98 Å². The molecule has 1 nitrogen and oxygen atoms in total. The molecule has 1 aromatic heterocycles. The summed E-state index contributed by atoms with van der Waals surface area (Å²) < 4.78 is 0. The zero-order chi connectivity index (χ0) is 8.39. The highest BCUT2D eigenvalue weighted by molar-refractivity contribution is 9.08. The molecule has 2 aromatic rings. The zero-order valence-corrected chi connectivity index (χ0v) is 9.31. The number of pyridine rings is 1. The Labute approximate surface area is 91.7 Å². The molecule has 0 saturated carbocycles. The van der Waals surface area contributed by atoms with Crippen molar-refractivity contribution in [1.29, 1.82) is 0 Å². The predicted octanol–water partition coefficient (Wildman–Crippen LogP) is 3.55. The molecule has 3 heteroatoms. The molecule has 68 valence electrons. The molecule has 0 aliphatic rings. The van der Waals surface area contributed by atoms with Crippen LogP contribution in [0.3, 0.4) is 0 Å². The Bertz CT molecular complexity index is 403. The predicted molar refractivity (Wildman–Crippen MR) is 61.6 cm³/mol. The Balaban J connectivity index is 0.000000845. The van der Waals surface area contributed by atoms with Crippen LogP contribution in [0.1, 0.15) is 5.69 Å². The van der Waals surface area contributed by atoms with Gasteiger partial charge in [0.2, 0.25) is 0 Å². The first-order chi connectivity index (χ1) is 5.90. The number of para-hydroxylation sites is 1. The van der Waals surface area contributed by atoms with Gasteiger partial charge in [0, 0.05) is 10.7 Å². The van der Waals surface area contributed by atoms with Gasteiger partial charge in [0.25, 0.3) is 0 Å². The van der Waals surface area contributed by atoms with Crippen LogP contribution in [0, 0.1) is 0 Å². The molecule has 1 heterocycles. The first-order valence-electron chi connectivity index (χ1n) is 3.81. The fourth-order valence-corrected chi connectivity index (χ4v) is 1.49. The fraction of sp³-hybridized carbons (Fsp3) is 0.100. The van der Waals surface area contributed by atoms with Crippen molar-refractivity contribution in [1.82, 2.24) is 4.98 Å². The molecule has 0 aliphatic heterocycles. The Morgan fingerprint density at radius 1 is 1.08 bits per heavy atom. The van der Waals surface area contributed by atoms with Crippen LogP contribution in [0.15, 0.2) is 36.4 Å². The molecule has 0 N–H and O–H groups in total. The maximum Gasteiger partial charge on any atom is 0.0705 e. The van der Waals surface area contributed by atoms with Crippen molar-refractivity contribution in [2.75, 3.05) is 0 Å². The largest absolute Gasteiger partial charge is 0.252 e. The van der Waals surface area contributed by atoms with E-state index in [1.807, 2.05) is 24.3 Å². The van der Waals surface area contributed by atoms with Gasteiger partial charge in [-0.1, -0.05) is 40.2 Å². The fourth-order valence-electron chi connectivity index (χ4n) is 1.18. The summed E-state index contributed by atoms with van der Waals surface area (Å²) in [5.74, 6) is 0. The van der Waals surface area contributed by atoms with E-state index in [0.717, 1.165) is 16.5 Å². The third-order valence-corrected chi connectivity index (χ3v) is 2.37. The lowest BCUT2D eigenvalue weighted by atomic mass is 10.2. The van der Waals surface area contributed by atoms with E-state index in [9.17, 15) is 0 Å². The molecule has 13 heavy (non-hydrogen) atoms.